The second-order valence-corrected chi connectivity index (χ2v) is 15.1. The maximum absolute atomic E-state index is 6.94. The van der Waals surface area contributed by atoms with Crippen molar-refractivity contribution in [3.05, 3.63) is 198 Å². The van der Waals surface area contributed by atoms with Gasteiger partial charge in [0, 0.05) is 21.6 Å². The van der Waals surface area contributed by atoms with Gasteiger partial charge in [0.2, 0.25) is 0 Å². The van der Waals surface area contributed by atoms with Crippen molar-refractivity contribution in [1.82, 2.24) is 5.32 Å². The molecule has 2 atom stereocenters. The molecular formula is C51H40N2O. The highest BCUT2D eigenvalue weighted by atomic mass is 16.3. The van der Waals surface area contributed by atoms with Gasteiger partial charge in [0.05, 0.1) is 12.2 Å². The molecule has 0 radical (unpaired) electrons. The van der Waals surface area contributed by atoms with Crippen molar-refractivity contribution in [2.75, 3.05) is 0 Å². The Morgan fingerprint density at radius 2 is 1.33 bits per heavy atom. The fraction of sp³-hybridized carbons (Fsp3) is 0.0980. The summed E-state index contributed by atoms with van der Waals surface area (Å²) in [7, 11) is 0. The first-order valence-electron chi connectivity index (χ1n) is 18.8. The van der Waals surface area contributed by atoms with Crippen LogP contribution >= 0.6 is 0 Å². The molecule has 0 saturated carbocycles. The molecular weight excluding hydrogens is 657 g/mol. The van der Waals surface area contributed by atoms with Crippen LogP contribution in [0.5, 0.6) is 0 Å². The third-order valence-corrected chi connectivity index (χ3v) is 11.6. The molecule has 3 nitrogen and oxygen atoms in total. The number of rotatable bonds is 7. The molecule has 1 aliphatic carbocycles. The molecule has 3 heteroatoms. The van der Waals surface area contributed by atoms with Gasteiger partial charge in [0.1, 0.15) is 11.2 Å². The van der Waals surface area contributed by atoms with E-state index in [1.54, 1.807) is 0 Å². The lowest BCUT2D eigenvalue weighted by Gasteiger charge is -2.24. The fourth-order valence-electron chi connectivity index (χ4n) is 8.74. The fourth-order valence-corrected chi connectivity index (χ4v) is 8.74. The average Bonchev–Trinajstić information content (AvgIpc) is 3.70. The van der Waals surface area contributed by atoms with Crippen LogP contribution in [0, 0.1) is 0 Å². The summed E-state index contributed by atoms with van der Waals surface area (Å²) in [6.45, 7) is 4.70. The van der Waals surface area contributed by atoms with Gasteiger partial charge in [-0.15, -0.1) is 0 Å². The minimum Gasteiger partial charge on any atom is -0.455 e. The van der Waals surface area contributed by atoms with Crippen molar-refractivity contribution in [3.8, 4) is 22.3 Å². The third kappa shape index (κ3) is 5.28. The third-order valence-electron chi connectivity index (χ3n) is 11.6. The molecule has 54 heavy (non-hydrogen) atoms. The number of fused-ring (bicyclic) bond motifs is 9. The Labute approximate surface area is 315 Å². The van der Waals surface area contributed by atoms with E-state index in [9.17, 15) is 0 Å². The van der Waals surface area contributed by atoms with E-state index in [1.165, 1.54) is 44.0 Å². The summed E-state index contributed by atoms with van der Waals surface area (Å²) in [5.74, 6) is 0. The van der Waals surface area contributed by atoms with Crippen LogP contribution in [0.2, 0.25) is 0 Å². The Kier molecular flexibility index (Phi) is 7.62. The minimum atomic E-state index is -0.380. The van der Waals surface area contributed by atoms with Crippen LogP contribution in [0.4, 0.5) is 0 Å². The Balaban J connectivity index is 1.10. The highest BCUT2D eigenvalue weighted by molar-refractivity contribution is 6.15. The van der Waals surface area contributed by atoms with Crippen molar-refractivity contribution in [3.63, 3.8) is 0 Å². The molecule has 1 aliphatic rings. The normalized spacial score (nSPS) is 14.6. The number of furan rings is 1. The minimum absolute atomic E-state index is 0.110. The summed E-state index contributed by atoms with van der Waals surface area (Å²) in [6.07, 6.45) is 4.21. The average molecular weight is 697 g/mol. The van der Waals surface area contributed by atoms with Crippen LogP contribution in [-0.4, -0.2) is 0 Å². The van der Waals surface area contributed by atoms with Crippen molar-refractivity contribution >= 4 is 49.6 Å². The molecule has 0 bridgehead atoms. The Hall–Kier alpha value is -6.26. The van der Waals surface area contributed by atoms with Gasteiger partial charge in [-0.2, -0.15) is 0 Å². The predicted octanol–water partition coefficient (Wildman–Crippen LogP) is 12.9. The first-order chi connectivity index (χ1) is 26.4. The van der Waals surface area contributed by atoms with Crippen LogP contribution in [0.1, 0.15) is 53.9 Å². The largest absolute Gasteiger partial charge is 0.455 e. The van der Waals surface area contributed by atoms with E-state index in [0.717, 1.165) is 49.6 Å². The van der Waals surface area contributed by atoms with Gasteiger partial charge in [-0.3, -0.25) is 5.32 Å². The number of hydrogen-bond donors (Lipinski definition) is 2. The summed E-state index contributed by atoms with van der Waals surface area (Å²) < 4.78 is 6.48. The first-order valence-corrected chi connectivity index (χ1v) is 18.8. The Bertz CT molecular complexity index is 2920. The zero-order valence-corrected chi connectivity index (χ0v) is 30.4. The lowest BCUT2D eigenvalue weighted by Crippen LogP contribution is -2.31. The second kappa shape index (κ2) is 12.7. The molecule has 0 saturated heterocycles. The second-order valence-electron chi connectivity index (χ2n) is 15.1. The van der Waals surface area contributed by atoms with Gasteiger partial charge < -0.3 is 10.2 Å². The zero-order chi connectivity index (χ0) is 36.4. The summed E-state index contributed by atoms with van der Waals surface area (Å²) >= 11 is 0. The lowest BCUT2D eigenvalue weighted by atomic mass is 9.81. The number of benzene rings is 8. The summed E-state index contributed by atoms with van der Waals surface area (Å²) in [6, 6.07) is 58.3. The van der Waals surface area contributed by atoms with Gasteiger partial charge >= 0.3 is 0 Å². The summed E-state index contributed by atoms with van der Waals surface area (Å²) in [5, 5.41) is 10.9. The van der Waals surface area contributed by atoms with E-state index < -0.39 is 0 Å². The van der Waals surface area contributed by atoms with Crippen LogP contribution in [0.15, 0.2) is 174 Å². The molecule has 0 fully saturated rings. The quantitative estimate of drug-likeness (QED) is 0.163. The molecule has 9 aromatic rings. The highest BCUT2D eigenvalue weighted by Gasteiger charge is 2.36. The monoisotopic (exact) mass is 696 g/mol. The van der Waals surface area contributed by atoms with Crippen LogP contribution in [0.3, 0.4) is 0 Å². The van der Waals surface area contributed by atoms with Crippen LogP contribution < -0.4 is 11.1 Å². The molecule has 3 N–H and O–H groups in total. The van der Waals surface area contributed by atoms with Crippen LogP contribution in [-0.2, 0) is 5.41 Å². The molecule has 0 aliphatic heterocycles. The number of nitrogens with one attached hydrogen (secondary N) is 1. The SMILES string of the molecule is CC1(C)c2cc3ccccc3cc2-c2c(/C=C/C(NC(N)c3ccccc3)c3ccccc3-c3ccc4oc5c6ccccc6ccc5c4c3)cccc21. The maximum Gasteiger partial charge on any atom is 0.143 e. The van der Waals surface area contributed by atoms with Gasteiger partial charge in [-0.25, -0.2) is 0 Å². The Morgan fingerprint density at radius 1 is 0.593 bits per heavy atom. The van der Waals surface area contributed by atoms with Gasteiger partial charge in [0.25, 0.3) is 0 Å². The van der Waals surface area contributed by atoms with Gasteiger partial charge in [-0.1, -0.05) is 159 Å². The molecule has 0 amide bonds. The molecule has 1 aromatic heterocycles. The van der Waals surface area contributed by atoms with E-state index in [1.807, 2.05) is 18.2 Å². The van der Waals surface area contributed by atoms with Gasteiger partial charge in [0.15, 0.2) is 0 Å². The molecule has 8 aromatic carbocycles. The van der Waals surface area contributed by atoms with Gasteiger partial charge in [-0.05, 0) is 96.6 Å². The molecule has 10 rings (SSSR count). The smallest absolute Gasteiger partial charge is 0.143 e. The van der Waals surface area contributed by atoms with Crippen molar-refractivity contribution in [1.29, 1.82) is 0 Å². The van der Waals surface area contributed by atoms with E-state index in [2.05, 4.69) is 177 Å². The number of nitrogens with two attached hydrogens (primary N) is 1. The summed E-state index contributed by atoms with van der Waals surface area (Å²) in [5.41, 5.74) is 19.7. The van der Waals surface area contributed by atoms with Crippen LogP contribution in [0.25, 0.3) is 71.8 Å². The summed E-state index contributed by atoms with van der Waals surface area (Å²) in [4.78, 5) is 0. The van der Waals surface area contributed by atoms with Crippen molar-refractivity contribution < 1.29 is 4.42 Å². The van der Waals surface area contributed by atoms with Crippen molar-refractivity contribution in [2.45, 2.75) is 31.5 Å². The molecule has 260 valence electrons. The molecule has 0 spiro atoms. The Morgan fingerprint density at radius 3 is 2.19 bits per heavy atom. The van der Waals surface area contributed by atoms with Crippen molar-refractivity contribution in [2.24, 2.45) is 5.73 Å². The first kappa shape index (κ1) is 32.4. The predicted molar refractivity (Wildman–Crippen MR) is 226 cm³/mol. The highest BCUT2D eigenvalue weighted by Crippen LogP contribution is 2.51. The molecule has 2 unspecified atom stereocenters. The van der Waals surface area contributed by atoms with E-state index in [-0.39, 0.29) is 17.6 Å². The number of hydrogen-bond acceptors (Lipinski definition) is 3. The van der Waals surface area contributed by atoms with E-state index in [4.69, 9.17) is 10.2 Å². The van der Waals surface area contributed by atoms with E-state index >= 15 is 0 Å². The lowest BCUT2D eigenvalue weighted by molar-refractivity contribution is 0.510. The standard InChI is InChI=1S/C51H40N2O/c1-51(2)44-22-12-18-33(48(44)43-29-35-16-6-7-17-36(35)31-45(43)51)24-27-46(53-50(52)34-14-4-3-5-15-34)40-21-11-10-19-38(40)37-25-28-47-42(30-37)41-26-23-32-13-8-9-20-39(32)49(41)54-47/h3-31,46,50,53H,52H2,1-2H3/b27-24+. The zero-order valence-electron chi connectivity index (χ0n) is 30.4. The molecule has 1 heterocycles. The topological polar surface area (TPSA) is 51.2 Å². The van der Waals surface area contributed by atoms with E-state index in [0.29, 0.717) is 0 Å². The maximum atomic E-state index is 6.94.